The van der Waals surface area contributed by atoms with Gasteiger partial charge in [-0.25, -0.2) is 19.4 Å². The quantitative estimate of drug-likeness (QED) is 0.122. The van der Waals surface area contributed by atoms with Gasteiger partial charge in [0, 0.05) is 89.1 Å². The molecule has 0 atom stereocenters. The third-order valence-electron chi connectivity index (χ3n) is 12.2. The van der Waals surface area contributed by atoms with Crippen LogP contribution in [-0.2, 0) is 29.4 Å². The number of hydrogen-bond donors (Lipinski definition) is 4. The average molecular weight is 904 g/mol. The van der Waals surface area contributed by atoms with E-state index in [4.69, 9.17) is 11.6 Å². The monoisotopic (exact) mass is 903 g/mol. The minimum absolute atomic E-state index is 0.0222. The molecule has 5 aromatic rings. The molecule has 0 radical (unpaired) electrons. The van der Waals surface area contributed by atoms with Crippen molar-refractivity contribution in [3.8, 4) is 17.1 Å². The molecular weight excluding hydrogens is 857 g/mol. The number of nitrogens with one attached hydrogen (secondary N) is 3. The Labute approximate surface area is 370 Å². The van der Waals surface area contributed by atoms with Gasteiger partial charge >= 0.3 is 12.1 Å². The Morgan fingerprint density at radius 2 is 1.67 bits per heavy atom. The van der Waals surface area contributed by atoms with Crippen LogP contribution in [-0.4, -0.2) is 138 Å². The second-order valence-corrected chi connectivity index (χ2v) is 16.9. The highest BCUT2D eigenvalue weighted by Crippen LogP contribution is 2.37. The molecule has 3 saturated heterocycles. The molecule has 0 saturated carbocycles. The molecule has 64 heavy (non-hydrogen) atoms. The standard InChI is InChI=1S/C43H46ClF3N12O5/c1-55-35(33-24-58(54-38(33)43(45,46)47)36-8-6-31(22-51-36)50-21-30-4-2-3-11-49-30)23-52-39(55)40(62)53-29-5-7-32(34(44)18-29)42(64)57-14-12-56(13-15-57)41(63)28-9-16-59(17-10-28,26-37(60)61)25-27-19-48-20-27/h2-8,11,18,22-24,27-28,48,50H,9-10,12-17,19-21,25-26H2,1H3,(H-,53,60,61,62,64)/p+1. The number of aromatic nitrogens is 6. The number of rotatable bonds is 13. The van der Waals surface area contributed by atoms with E-state index in [1.165, 1.54) is 48.3 Å². The number of nitrogens with zero attached hydrogens (tertiary/aromatic N) is 9. The van der Waals surface area contributed by atoms with Gasteiger partial charge < -0.3 is 39.9 Å². The Morgan fingerprint density at radius 3 is 2.30 bits per heavy atom. The topological polar surface area (TPSA) is 192 Å². The lowest BCUT2D eigenvalue weighted by Gasteiger charge is -2.46. The van der Waals surface area contributed by atoms with E-state index in [-0.39, 0.29) is 63.5 Å². The molecule has 0 spiro atoms. The summed E-state index contributed by atoms with van der Waals surface area (Å²) in [5.41, 5.74) is 0.314. The summed E-state index contributed by atoms with van der Waals surface area (Å²) >= 11 is 6.58. The van der Waals surface area contributed by atoms with Crippen molar-refractivity contribution in [1.29, 1.82) is 0 Å². The summed E-state index contributed by atoms with van der Waals surface area (Å²) in [5, 5.41) is 22.6. The molecule has 8 rings (SSSR count). The number of carbonyl (C=O) groups is 4. The van der Waals surface area contributed by atoms with Crippen LogP contribution in [0, 0.1) is 11.8 Å². The van der Waals surface area contributed by atoms with Crippen LogP contribution >= 0.6 is 11.6 Å². The second kappa shape index (κ2) is 18.4. The Kier molecular flexibility index (Phi) is 12.7. The van der Waals surface area contributed by atoms with Gasteiger partial charge in [-0.15, -0.1) is 0 Å². The molecule has 17 nitrogen and oxygen atoms in total. The summed E-state index contributed by atoms with van der Waals surface area (Å²) in [4.78, 5) is 68.3. The molecule has 3 fully saturated rings. The normalized spacial score (nSPS) is 19.2. The molecule has 0 aliphatic carbocycles. The predicted molar refractivity (Wildman–Crippen MR) is 228 cm³/mol. The van der Waals surface area contributed by atoms with Crippen LogP contribution in [0.4, 0.5) is 24.5 Å². The molecule has 7 heterocycles. The molecule has 3 aliphatic heterocycles. The lowest BCUT2D eigenvalue weighted by atomic mass is 9.90. The first kappa shape index (κ1) is 44.2. The summed E-state index contributed by atoms with van der Waals surface area (Å²) in [6.07, 6.45) is 1.88. The molecule has 21 heteroatoms. The zero-order chi connectivity index (χ0) is 45.2. The van der Waals surface area contributed by atoms with E-state index in [0.717, 1.165) is 36.2 Å². The number of hydrogen-bond acceptors (Lipinski definition) is 10. The predicted octanol–water partition coefficient (Wildman–Crippen LogP) is 4.41. The van der Waals surface area contributed by atoms with E-state index < -0.39 is 23.7 Å². The number of quaternary nitrogens is 1. The molecule has 4 aromatic heterocycles. The van der Waals surface area contributed by atoms with Crippen molar-refractivity contribution in [3.05, 3.63) is 101 Å². The van der Waals surface area contributed by atoms with Crippen LogP contribution in [0.1, 0.15) is 45.2 Å². The molecular formula is C43H47ClF3N12O5+. The van der Waals surface area contributed by atoms with E-state index in [1.54, 1.807) is 28.1 Å². The number of piperidine rings is 1. The second-order valence-electron chi connectivity index (χ2n) is 16.5. The fourth-order valence-corrected chi connectivity index (χ4v) is 8.93. The van der Waals surface area contributed by atoms with Crippen molar-refractivity contribution in [2.24, 2.45) is 18.9 Å². The number of halogens is 4. The van der Waals surface area contributed by atoms with Crippen LogP contribution in [0.5, 0.6) is 0 Å². The largest absolute Gasteiger partial charge is 0.477 e. The van der Waals surface area contributed by atoms with E-state index >= 15 is 0 Å². The van der Waals surface area contributed by atoms with Crippen molar-refractivity contribution >= 4 is 46.7 Å². The maximum Gasteiger partial charge on any atom is 0.435 e. The molecule has 3 amide bonds. The summed E-state index contributed by atoms with van der Waals surface area (Å²) in [7, 11) is 1.41. The van der Waals surface area contributed by atoms with Crippen molar-refractivity contribution in [3.63, 3.8) is 0 Å². The van der Waals surface area contributed by atoms with Gasteiger partial charge in [-0.05, 0) is 42.5 Å². The molecule has 336 valence electrons. The van der Waals surface area contributed by atoms with E-state index in [0.29, 0.717) is 74.7 Å². The lowest BCUT2D eigenvalue weighted by molar-refractivity contribution is -0.929. The van der Waals surface area contributed by atoms with Gasteiger partial charge in [0.15, 0.2) is 23.9 Å². The van der Waals surface area contributed by atoms with E-state index in [2.05, 4.69) is 36.0 Å². The molecule has 0 bridgehead atoms. The number of aliphatic carboxylic acids is 1. The van der Waals surface area contributed by atoms with Gasteiger partial charge in [-0.3, -0.25) is 19.4 Å². The van der Waals surface area contributed by atoms with Gasteiger partial charge in [0.25, 0.3) is 11.8 Å². The number of imidazole rings is 1. The number of carboxylic acid groups (broad SMARTS) is 1. The number of amides is 3. The first-order chi connectivity index (χ1) is 30.7. The van der Waals surface area contributed by atoms with Gasteiger partial charge in [0.2, 0.25) is 5.91 Å². The van der Waals surface area contributed by atoms with Crippen molar-refractivity contribution in [2.75, 3.05) is 76.1 Å². The first-order valence-corrected chi connectivity index (χ1v) is 21.3. The fourth-order valence-electron chi connectivity index (χ4n) is 8.67. The zero-order valence-corrected chi connectivity index (χ0v) is 35.6. The number of alkyl halides is 3. The maximum absolute atomic E-state index is 14.3. The van der Waals surface area contributed by atoms with Crippen molar-refractivity contribution in [2.45, 2.75) is 25.6 Å². The molecule has 1 aromatic carbocycles. The van der Waals surface area contributed by atoms with Gasteiger partial charge in [-0.2, -0.15) is 18.3 Å². The third kappa shape index (κ3) is 9.73. The maximum atomic E-state index is 14.3. The summed E-state index contributed by atoms with van der Waals surface area (Å²) < 4.78 is 45.8. The molecule has 4 N–H and O–H groups in total. The third-order valence-corrected chi connectivity index (χ3v) is 12.5. The number of benzene rings is 1. The number of likely N-dealkylation sites (tertiary alicyclic amines) is 1. The van der Waals surface area contributed by atoms with Gasteiger partial charge in [-0.1, -0.05) is 17.7 Å². The number of anilines is 2. The zero-order valence-electron chi connectivity index (χ0n) is 34.9. The molecule has 3 aliphatic rings. The smallest absolute Gasteiger partial charge is 0.435 e. The van der Waals surface area contributed by atoms with Crippen LogP contribution in [0.3, 0.4) is 0 Å². The highest BCUT2D eigenvalue weighted by molar-refractivity contribution is 6.34. The highest BCUT2D eigenvalue weighted by atomic mass is 35.5. The highest BCUT2D eigenvalue weighted by Gasteiger charge is 2.43. The molecule has 0 unspecified atom stereocenters. The number of carbonyl (C=O) groups excluding carboxylic acids is 3. The fraction of sp³-hybridized carbons (Fsp3) is 0.395. The van der Waals surface area contributed by atoms with Crippen LogP contribution < -0.4 is 16.0 Å². The van der Waals surface area contributed by atoms with E-state index in [9.17, 15) is 37.5 Å². The van der Waals surface area contributed by atoms with Crippen LogP contribution in [0.2, 0.25) is 5.02 Å². The summed E-state index contributed by atoms with van der Waals surface area (Å²) in [5.74, 6) is -1.67. The van der Waals surface area contributed by atoms with Crippen LogP contribution in [0.25, 0.3) is 17.1 Å². The first-order valence-electron chi connectivity index (χ1n) is 20.9. The van der Waals surface area contributed by atoms with Crippen molar-refractivity contribution < 1.29 is 41.9 Å². The van der Waals surface area contributed by atoms with Gasteiger partial charge in [0.05, 0.1) is 71.8 Å². The number of carboxylic acids is 1. The van der Waals surface area contributed by atoms with E-state index in [1.807, 2.05) is 12.1 Å². The Morgan fingerprint density at radius 1 is 0.938 bits per heavy atom. The Bertz CT molecular complexity index is 2510. The number of piperazine rings is 1. The van der Waals surface area contributed by atoms with Crippen molar-refractivity contribution in [1.82, 2.24) is 44.4 Å². The average Bonchev–Trinajstić information content (AvgIpc) is 3.89. The van der Waals surface area contributed by atoms with Crippen LogP contribution in [0.15, 0.2) is 73.3 Å². The van der Waals surface area contributed by atoms with Gasteiger partial charge in [0.1, 0.15) is 0 Å². The summed E-state index contributed by atoms with van der Waals surface area (Å²) in [6.45, 7) is 5.65. The summed E-state index contributed by atoms with van der Waals surface area (Å²) in [6, 6.07) is 13.1. The minimum Gasteiger partial charge on any atom is -0.477 e. The Balaban J connectivity index is 0.869. The lowest BCUT2D eigenvalue weighted by Crippen LogP contribution is -2.62. The minimum atomic E-state index is -4.85. The SMILES string of the molecule is Cn1c(-c2cn(-c3ccc(NCc4ccccn4)cn3)nc2C(F)(F)F)cnc1C(=O)Nc1ccc(C(=O)N2CCN(C(=O)C3CC[N+](CC(=O)O)(CC4CNC4)CC3)CC2)c(Cl)c1. The Hall–Kier alpha value is -6.38. The number of pyridine rings is 2.